The minimum Gasteiger partial charge on any atom is -0.382 e. The van der Waals surface area contributed by atoms with Crippen LogP contribution in [0.5, 0.6) is 0 Å². The molecule has 112 valence electrons. The Balaban J connectivity index is 1.84. The quantitative estimate of drug-likeness (QED) is 0.865. The maximum absolute atomic E-state index is 12.6. The third-order valence-electron chi connectivity index (χ3n) is 3.93. The number of thiophene rings is 1. The lowest BCUT2D eigenvalue weighted by Gasteiger charge is -2.35. The SMILES string of the molecule is COC[C@@H]1c2c(cnn2C)CCN1C(=O)Cc1cccs1. The molecule has 1 aliphatic rings. The largest absolute Gasteiger partial charge is 0.382 e. The summed E-state index contributed by atoms with van der Waals surface area (Å²) in [6, 6.07) is 3.95. The van der Waals surface area contributed by atoms with Gasteiger partial charge in [0.25, 0.3) is 0 Å². The monoisotopic (exact) mass is 305 g/mol. The number of hydrogen-bond donors (Lipinski definition) is 0. The molecule has 0 aliphatic carbocycles. The van der Waals surface area contributed by atoms with Gasteiger partial charge in [0.2, 0.25) is 5.91 Å². The Morgan fingerprint density at radius 1 is 1.57 bits per heavy atom. The van der Waals surface area contributed by atoms with Crippen LogP contribution in [0.25, 0.3) is 0 Å². The highest BCUT2D eigenvalue weighted by atomic mass is 32.1. The van der Waals surface area contributed by atoms with Gasteiger partial charge in [-0.3, -0.25) is 9.48 Å². The Hall–Kier alpha value is -1.66. The topological polar surface area (TPSA) is 47.4 Å². The Morgan fingerprint density at radius 3 is 3.14 bits per heavy atom. The number of aromatic nitrogens is 2. The predicted octanol–water partition coefficient (Wildman–Crippen LogP) is 1.80. The van der Waals surface area contributed by atoms with Crippen molar-refractivity contribution in [2.45, 2.75) is 18.9 Å². The van der Waals surface area contributed by atoms with E-state index in [1.807, 2.05) is 40.3 Å². The van der Waals surface area contributed by atoms with E-state index in [-0.39, 0.29) is 11.9 Å². The van der Waals surface area contributed by atoms with Crippen molar-refractivity contribution in [3.63, 3.8) is 0 Å². The van der Waals surface area contributed by atoms with Crippen molar-refractivity contribution in [3.05, 3.63) is 39.8 Å². The summed E-state index contributed by atoms with van der Waals surface area (Å²) in [5.74, 6) is 0.159. The molecule has 1 amide bonds. The molecule has 0 saturated carbocycles. The summed E-state index contributed by atoms with van der Waals surface area (Å²) in [5, 5.41) is 6.33. The number of rotatable bonds is 4. The van der Waals surface area contributed by atoms with E-state index < -0.39 is 0 Å². The molecule has 2 aromatic rings. The lowest BCUT2D eigenvalue weighted by Crippen LogP contribution is -2.43. The molecule has 6 heteroatoms. The van der Waals surface area contributed by atoms with Crippen molar-refractivity contribution in [2.75, 3.05) is 20.3 Å². The normalized spacial score (nSPS) is 17.8. The molecule has 0 N–H and O–H groups in total. The van der Waals surface area contributed by atoms with E-state index in [9.17, 15) is 4.79 Å². The van der Waals surface area contributed by atoms with Crippen molar-refractivity contribution < 1.29 is 9.53 Å². The molecule has 2 aromatic heterocycles. The molecular formula is C15H19N3O2S. The van der Waals surface area contributed by atoms with Crippen molar-refractivity contribution >= 4 is 17.2 Å². The number of carbonyl (C=O) groups is 1. The van der Waals surface area contributed by atoms with Gasteiger partial charge in [0.05, 0.1) is 31.0 Å². The zero-order valence-corrected chi connectivity index (χ0v) is 13.1. The Morgan fingerprint density at radius 2 is 2.43 bits per heavy atom. The summed E-state index contributed by atoms with van der Waals surface area (Å²) >= 11 is 1.62. The second kappa shape index (κ2) is 5.99. The van der Waals surface area contributed by atoms with Crippen LogP contribution in [-0.2, 0) is 29.4 Å². The number of ether oxygens (including phenoxy) is 1. The van der Waals surface area contributed by atoms with Gasteiger partial charge in [0.15, 0.2) is 0 Å². The molecule has 1 aliphatic heterocycles. The first-order chi connectivity index (χ1) is 10.2. The van der Waals surface area contributed by atoms with E-state index >= 15 is 0 Å². The van der Waals surface area contributed by atoms with Gasteiger partial charge in [-0.2, -0.15) is 5.10 Å². The van der Waals surface area contributed by atoms with Crippen LogP contribution in [0.4, 0.5) is 0 Å². The summed E-state index contributed by atoms with van der Waals surface area (Å²) in [6.45, 7) is 1.24. The molecule has 0 unspecified atom stereocenters. The highest BCUT2D eigenvalue weighted by molar-refractivity contribution is 7.10. The molecule has 0 radical (unpaired) electrons. The van der Waals surface area contributed by atoms with E-state index in [0.717, 1.165) is 23.5 Å². The number of hydrogen-bond acceptors (Lipinski definition) is 4. The zero-order valence-electron chi connectivity index (χ0n) is 12.3. The van der Waals surface area contributed by atoms with E-state index in [2.05, 4.69) is 5.10 Å². The molecule has 5 nitrogen and oxygen atoms in total. The van der Waals surface area contributed by atoms with Gasteiger partial charge in [0, 0.05) is 25.6 Å². The highest BCUT2D eigenvalue weighted by Crippen LogP contribution is 2.30. The number of nitrogens with zero attached hydrogens (tertiary/aromatic N) is 3. The minimum absolute atomic E-state index is 0.0429. The average Bonchev–Trinajstić information content (AvgIpc) is 3.10. The maximum atomic E-state index is 12.6. The zero-order chi connectivity index (χ0) is 14.8. The van der Waals surface area contributed by atoms with E-state index in [4.69, 9.17) is 4.74 Å². The van der Waals surface area contributed by atoms with Crippen LogP contribution < -0.4 is 0 Å². The number of carbonyl (C=O) groups excluding carboxylic acids is 1. The molecular weight excluding hydrogens is 286 g/mol. The molecule has 0 bridgehead atoms. The first-order valence-corrected chi connectivity index (χ1v) is 7.90. The Bertz CT molecular complexity index is 621. The first-order valence-electron chi connectivity index (χ1n) is 7.02. The Labute approximate surface area is 128 Å². The van der Waals surface area contributed by atoms with Crippen LogP contribution in [0.15, 0.2) is 23.7 Å². The molecule has 3 rings (SSSR count). The smallest absolute Gasteiger partial charge is 0.228 e. The first kappa shape index (κ1) is 14.3. The van der Waals surface area contributed by atoms with Crippen LogP contribution in [0, 0.1) is 0 Å². The van der Waals surface area contributed by atoms with Crippen LogP contribution in [0.3, 0.4) is 0 Å². The van der Waals surface area contributed by atoms with E-state index in [1.165, 1.54) is 5.56 Å². The van der Waals surface area contributed by atoms with Crippen LogP contribution in [0.1, 0.15) is 22.2 Å². The van der Waals surface area contributed by atoms with Crippen LogP contribution >= 0.6 is 11.3 Å². The van der Waals surface area contributed by atoms with E-state index in [1.54, 1.807) is 18.4 Å². The fraction of sp³-hybridized carbons (Fsp3) is 0.467. The molecule has 21 heavy (non-hydrogen) atoms. The standard InChI is InChI=1S/C15H19N3O2S/c1-17-15-11(9-16-17)5-6-18(13(15)10-20-2)14(19)8-12-4-3-7-21-12/h3-4,7,9,13H,5-6,8,10H2,1-2H3/t13-/m1/s1. The molecule has 0 aromatic carbocycles. The second-order valence-electron chi connectivity index (χ2n) is 5.24. The van der Waals surface area contributed by atoms with Crippen molar-refractivity contribution in [1.29, 1.82) is 0 Å². The predicted molar refractivity (Wildman–Crippen MR) is 81.3 cm³/mol. The summed E-state index contributed by atoms with van der Waals surface area (Å²) < 4.78 is 7.21. The third kappa shape index (κ3) is 2.73. The van der Waals surface area contributed by atoms with Crippen LogP contribution in [0.2, 0.25) is 0 Å². The lowest BCUT2D eigenvalue weighted by atomic mass is 9.99. The van der Waals surface area contributed by atoms with Gasteiger partial charge in [-0.15, -0.1) is 11.3 Å². The van der Waals surface area contributed by atoms with Crippen molar-refractivity contribution in [1.82, 2.24) is 14.7 Å². The minimum atomic E-state index is -0.0429. The summed E-state index contributed by atoms with van der Waals surface area (Å²) in [6.07, 6.45) is 3.23. The molecule has 0 fully saturated rings. The maximum Gasteiger partial charge on any atom is 0.228 e. The average molecular weight is 305 g/mol. The van der Waals surface area contributed by atoms with Crippen molar-refractivity contribution in [3.8, 4) is 0 Å². The summed E-state index contributed by atoms with van der Waals surface area (Å²) in [4.78, 5) is 15.7. The summed E-state index contributed by atoms with van der Waals surface area (Å²) in [5.41, 5.74) is 2.32. The molecule has 1 atom stereocenters. The number of fused-ring (bicyclic) bond motifs is 1. The second-order valence-corrected chi connectivity index (χ2v) is 6.28. The van der Waals surface area contributed by atoms with Gasteiger partial charge in [-0.25, -0.2) is 0 Å². The number of amides is 1. The van der Waals surface area contributed by atoms with Gasteiger partial charge in [-0.05, 0) is 23.4 Å². The molecule has 0 spiro atoms. The van der Waals surface area contributed by atoms with Crippen molar-refractivity contribution in [2.24, 2.45) is 7.05 Å². The summed E-state index contributed by atoms with van der Waals surface area (Å²) in [7, 11) is 3.60. The fourth-order valence-corrected chi connectivity index (χ4v) is 3.64. The molecule has 0 saturated heterocycles. The number of methoxy groups -OCH3 is 1. The van der Waals surface area contributed by atoms with Gasteiger partial charge < -0.3 is 9.64 Å². The molecule has 3 heterocycles. The van der Waals surface area contributed by atoms with Crippen LogP contribution in [-0.4, -0.2) is 40.8 Å². The van der Waals surface area contributed by atoms with E-state index in [0.29, 0.717) is 13.0 Å². The highest BCUT2D eigenvalue weighted by Gasteiger charge is 2.33. The third-order valence-corrected chi connectivity index (χ3v) is 4.81. The number of aryl methyl sites for hydroxylation is 1. The van der Waals surface area contributed by atoms with Gasteiger partial charge in [0.1, 0.15) is 0 Å². The van der Waals surface area contributed by atoms with Gasteiger partial charge >= 0.3 is 0 Å². The lowest BCUT2D eigenvalue weighted by molar-refractivity contribution is -0.134. The fourth-order valence-electron chi connectivity index (χ4n) is 2.95. The van der Waals surface area contributed by atoms with Gasteiger partial charge in [-0.1, -0.05) is 6.07 Å². The Kier molecular flexibility index (Phi) is 4.07.